The van der Waals surface area contributed by atoms with E-state index >= 15 is 0 Å². The topological polar surface area (TPSA) is 60.3 Å². The molecule has 0 bridgehead atoms. The highest BCUT2D eigenvalue weighted by Crippen LogP contribution is 2.44. The Labute approximate surface area is 210 Å². The van der Waals surface area contributed by atoms with Gasteiger partial charge in [-0.2, -0.15) is 5.10 Å². The lowest BCUT2D eigenvalue weighted by Gasteiger charge is -2.22. The zero-order chi connectivity index (χ0) is 24.4. The fourth-order valence-corrected chi connectivity index (χ4v) is 5.61. The van der Waals surface area contributed by atoms with E-state index in [2.05, 4.69) is 59.4 Å². The first kappa shape index (κ1) is 23.5. The van der Waals surface area contributed by atoms with Crippen LogP contribution in [0.2, 0.25) is 0 Å². The number of rotatable bonds is 8. The molecule has 0 atom stereocenters. The van der Waals surface area contributed by atoms with Crippen molar-refractivity contribution in [2.24, 2.45) is 5.92 Å². The Bertz CT molecular complexity index is 1330. The van der Waals surface area contributed by atoms with E-state index in [0.29, 0.717) is 24.8 Å². The Morgan fingerprint density at radius 1 is 1.26 bits per heavy atom. The van der Waals surface area contributed by atoms with Crippen LogP contribution in [0.1, 0.15) is 60.4 Å². The van der Waals surface area contributed by atoms with Gasteiger partial charge >= 0.3 is 5.97 Å². The van der Waals surface area contributed by atoms with Crippen molar-refractivity contribution in [1.82, 2.24) is 14.8 Å². The lowest BCUT2D eigenvalue weighted by Crippen LogP contribution is -2.26. The van der Waals surface area contributed by atoms with Gasteiger partial charge in [0.15, 0.2) is 10.8 Å². The number of hydrogen-bond donors (Lipinski definition) is 0. The first-order valence-electron chi connectivity index (χ1n) is 12.5. The summed E-state index contributed by atoms with van der Waals surface area (Å²) in [4.78, 5) is 19.7. The minimum Gasteiger partial charge on any atom is -0.461 e. The second-order valence-corrected chi connectivity index (χ2v) is 10.2. The summed E-state index contributed by atoms with van der Waals surface area (Å²) in [6.07, 6.45) is 14.5. The standard InChI is InChI=1S/C28H32N4O2S/c1-4-6-10-23(20-11-12-20)21-16-22(18-32-19(3)15-24(30-32)27(33)34-5-2)26-25(17-21)35-28(29-26)31-13-8-7-9-14-31/h4,6-8,10,15-17,20H,5,9,11-14,18H2,1-3H3/b6-4-,23-10+. The van der Waals surface area contributed by atoms with Crippen LogP contribution in [0.5, 0.6) is 0 Å². The van der Waals surface area contributed by atoms with Crippen LogP contribution >= 0.6 is 11.3 Å². The normalized spacial score (nSPS) is 16.5. The molecule has 2 aromatic heterocycles. The van der Waals surface area contributed by atoms with Crippen LogP contribution in [0.4, 0.5) is 5.13 Å². The number of aryl methyl sites for hydroxylation is 1. The van der Waals surface area contributed by atoms with E-state index in [1.165, 1.54) is 28.7 Å². The third kappa shape index (κ3) is 5.10. The third-order valence-electron chi connectivity index (χ3n) is 6.50. The minimum absolute atomic E-state index is 0.336. The molecule has 1 fully saturated rings. The van der Waals surface area contributed by atoms with Crippen molar-refractivity contribution in [3.05, 3.63) is 71.1 Å². The Kier molecular flexibility index (Phi) is 6.86. The molecule has 0 amide bonds. The molecular weight excluding hydrogens is 456 g/mol. The second-order valence-electron chi connectivity index (χ2n) is 9.16. The van der Waals surface area contributed by atoms with Crippen LogP contribution in [0, 0.1) is 12.8 Å². The minimum atomic E-state index is -0.382. The number of hydrogen-bond acceptors (Lipinski definition) is 6. The van der Waals surface area contributed by atoms with Crippen LogP contribution < -0.4 is 4.90 Å². The van der Waals surface area contributed by atoms with Gasteiger partial charge in [-0.1, -0.05) is 41.7 Å². The van der Waals surface area contributed by atoms with Gasteiger partial charge in [-0.25, -0.2) is 9.78 Å². The third-order valence-corrected chi connectivity index (χ3v) is 7.56. The van der Waals surface area contributed by atoms with Gasteiger partial charge in [-0.3, -0.25) is 4.68 Å². The van der Waals surface area contributed by atoms with Crippen LogP contribution in [-0.4, -0.2) is 40.4 Å². The number of thiazole rings is 1. The summed E-state index contributed by atoms with van der Waals surface area (Å²) >= 11 is 1.77. The van der Waals surface area contributed by atoms with E-state index in [9.17, 15) is 4.79 Å². The average Bonchev–Trinajstić information content (AvgIpc) is 3.50. The quantitative estimate of drug-likeness (QED) is 0.216. The first-order valence-corrected chi connectivity index (χ1v) is 13.3. The SMILES string of the molecule is C/C=C\C=C(\c1cc(Cn2nc(C(=O)OCC)cc2C)c2nc(N3CC=CCC3)sc2c1)C1CC1. The summed E-state index contributed by atoms with van der Waals surface area (Å²) < 4.78 is 8.25. The molecule has 35 heavy (non-hydrogen) atoms. The summed E-state index contributed by atoms with van der Waals surface area (Å²) in [6.45, 7) is 8.63. The highest BCUT2D eigenvalue weighted by Gasteiger charge is 2.28. The maximum absolute atomic E-state index is 12.2. The molecule has 1 aromatic carbocycles. The molecule has 7 heteroatoms. The molecule has 0 radical (unpaired) electrons. The molecule has 0 saturated heterocycles. The number of carbonyl (C=O) groups is 1. The monoisotopic (exact) mass is 488 g/mol. The Balaban J connectivity index is 1.58. The van der Waals surface area contributed by atoms with Crippen molar-refractivity contribution < 1.29 is 9.53 Å². The number of fused-ring (bicyclic) bond motifs is 1. The second kappa shape index (κ2) is 10.2. The van der Waals surface area contributed by atoms with E-state index in [-0.39, 0.29) is 5.97 Å². The Hall–Kier alpha value is -3.19. The summed E-state index contributed by atoms with van der Waals surface area (Å²) in [5.74, 6) is 0.241. The number of carbonyl (C=O) groups excluding carboxylic acids is 1. The fourth-order valence-electron chi connectivity index (χ4n) is 4.52. The van der Waals surface area contributed by atoms with Gasteiger partial charge in [0.1, 0.15) is 0 Å². The van der Waals surface area contributed by atoms with Crippen LogP contribution in [0.15, 0.2) is 48.6 Å². The van der Waals surface area contributed by atoms with Gasteiger partial charge in [0.25, 0.3) is 0 Å². The summed E-state index contributed by atoms with van der Waals surface area (Å²) in [7, 11) is 0. The zero-order valence-electron chi connectivity index (χ0n) is 20.7. The molecule has 3 heterocycles. The number of aromatic nitrogens is 3. The van der Waals surface area contributed by atoms with Crippen LogP contribution in [0.25, 0.3) is 15.8 Å². The van der Waals surface area contributed by atoms with Crippen molar-refractivity contribution in [3.8, 4) is 0 Å². The molecular formula is C28H32N4O2S. The molecule has 6 nitrogen and oxygen atoms in total. The van der Waals surface area contributed by atoms with E-state index in [1.54, 1.807) is 24.3 Å². The Morgan fingerprint density at radius 2 is 2.11 bits per heavy atom. The largest absolute Gasteiger partial charge is 0.461 e. The number of anilines is 1. The smallest absolute Gasteiger partial charge is 0.358 e. The first-order chi connectivity index (χ1) is 17.1. The van der Waals surface area contributed by atoms with Gasteiger partial charge in [-0.15, -0.1) is 0 Å². The summed E-state index contributed by atoms with van der Waals surface area (Å²) in [5, 5.41) is 5.64. The molecule has 0 N–H and O–H groups in total. The number of benzene rings is 1. The number of ether oxygens (including phenoxy) is 1. The summed E-state index contributed by atoms with van der Waals surface area (Å²) in [5.41, 5.74) is 6.08. The van der Waals surface area contributed by atoms with Crippen LogP contribution in [-0.2, 0) is 11.3 Å². The van der Waals surface area contributed by atoms with E-state index < -0.39 is 0 Å². The van der Waals surface area contributed by atoms with Crippen molar-refractivity contribution in [3.63, 3.8) is 0 Å². The van der Waals surface area contributed by atoms with E-state index in [0.717, 1.165) is 41.4 Å². The number of allylic oxidation sites excluding steroid dienone is 4. The highest BCUT2D eigenvalue weighted by atomic mass is 32.1. The molecule has 1 saturated carbocycles. The predicted octanol–water partition coefficient (Wildman–Crippen LogP) is 6.16. The fraction of sp³-hybridized carbons (Fsp3) is 0.393. The molecule has 5 rings (SSSR count). The molecule has 3 aromatic rings. The molecule has 1 aliphatic heterocycles. The molecule has 0 spiro atoms. The summed E-state index contributed by atoms with van der Waals surface area (Å²) in [6, 6.07) is 6.39. The molecule has 2 aliphatic rings. The molecule has 182 valence electrons. The number of nitrogens with zero attached hydrogens (tertiary/aromatic N) is 4. The van der Waals surface area contributed by atoms with Gasteiger partial charge in [0.05, 0.1) is 23.4 Å². The van der Waals surface area contributed by atoms with Gasteiger partial charge in [0.2, 0.25) is 0 Å². The lowest BCUT2D eigenvalue weighted by molar-refractivity contribution is 0.0518. The Morgan fingerprint density at radius 3 is 2.83 bits per heavy atom. The maximum atomic E-state index is 12.2. The van der Waals surface area contributed by atoms with Crippen molar-refractivity contribution in [2.75, 3.05) is 24.6 Å². The molecule has 0 unspecified atom stereocenters. The zero-order valence-corrected chi connectivity index (χ0v) is 21.5. The van der Waals surface area contributed by atoms with E-state index in [1.807, 2.05) is 11.6 Å². The van der Waals surface area contributed by atoms with Gasteiger partial charge < -0.3 is 9.64 Å². The van der Waals surface area contributed by atoms with Gasteiger partial charge in [0, 0.05) is 24.3 Å². The van der Waals surface area contributed by atoms with Crippen molar-refractivity contribution >= 4 is 38.2 Å². The lowest BCUT2D eigenvalue weighted by atomic mass is 9.98. The molecule has 1 aliphatic carbocycles. The number of esters is 1. The van der Waals surface area contributed by atoms with Gasteiger partial charge in [-0.05, 0) is 75.3 Å². The highest BCUT2D eigenvalue weighted by molar-refractivity contribution is 7.22. The average molecular weight is 489 g/mol. The maximum Gasteiger partial charge on any atom is 0.358 e. The van der Waals surface area contributed by atoms with Crippen molar-refractivity contribution in [1.29, 1.82) is 0 Å². The van der Waals surface area contributed by atoms with E-state index in [4.69, 9.17) is 9.72 Å². The van der Waals surface area contributed by atoms with Crippen LogP contribution in [0.3, 0.4) is 0 Å². The van der Waals surface area contributed by atoms with Crippen molar-refractivity contribution in [2.45, 2.75) is 46.6 Å². The predicted molar refractivity (Wildman–Crippen MR) is 143 cm³/mol.